The summed E-state index contributed by atoms with van der Waals surface area (Å²) in [6.45, 7) is 1.10. The lowest BCUT2D eigenvalue weighted by Crippen LogP contribution is -2.48. The van der Waals surface area contributed by atoms with Crippen LogP contribution in [-0.4, -0.2) is 37.6 Å². The van der Waals surface area contributed by atoms with E-state index in [4.69, 9.17) is 9.47 Å². The van der Waals surface area contributed by atoms with Crippen molar-refractivity contribution in [2.24, 2.45) is 0 Å². The van der Waals surface area contributed by atoms with E-state index < -0.39 is 11.8 Å². The Balaban J connectivity index is 1.37. The van der Waals surface area contributed by atoms with Gasteiger partial charge >= 0.3 is 11.8 Å². The van der Waals surface area contributed by atoms with Gasteiger partial charge in [0.1, 0.15) is 12.7 Å². The van der Waals surface area contributed by atoms with Crippen molar-refractivity contribution < 1.29 is 19.1 Å². The summed E-state index contributed by atoms with van der Waals surface area (Å²) in [6.07, 6.45) is 1.45. The largest absolute Gasteiger partial charge is 0.486 e. The molecule has 0 radical (unpaired) electrons. The van der Waals surface area contributed by atoms with E-state index in [0.29, 0.717) is 24.7 Å². The molecule has 134 valence electrons. The second-order valence-electron chi connectivity index (χ2n) is 6.40. The van der Waals surface area contributed by atoms with Crippen molar-refractivity contribution in [2.45, 2.75) is 18.9 Å². The fraction of sp³-hybridized carbons (Fsp3) is 0.300. The predicted molar refractivity (Wildman–Crippen MR) is 96.5 cm³/mol. The van der Waals surface area contributed by atoms with Crippen molar-refractivity contribution in [3.63, 3.8) is 0 Å². The summed E-state index contributed by atoms with van der Waals surface area (Å²) in [5.41, 5.74) is 1.92. The van der Waals surface area contributed by atoms with Crippen molar-refractivity contribution in [3.05, 3.63) is 54.1 Å². The lowest BCUT2D eigenvalue weighted by Gasteiger charge is -2.29. The minimum atomic E-state index is -0.621. The quantitative estimate of drug-likeness (QED) is 0.839. The number of hydrogen-bond donors (Lipinski definition) is 1. The number of ether oxygens (including phenoxy) is 2. The third kappa shape index (κ3) is 3.22. The van der Waals surface area contributed by atoms with Crippen molar-refractivity contribution in [2.75, 3.05) is 24.6 Å². The van der Waals surface area contributed by atoms with E-state index in [1.165, 1.54) is 0 Å². The van der Waals surface area contributed by atoms with Gasteiger partial charge in [-0.25, -0.2) is 0 Å². The van der Waals surface area contributed by atoms with Gasteiger partial charge in [-0.05, 0) is 36.6 Å². The molecule has 6 heteroatoms. The molecule has 0 aromatic heterocycles. The summed E-state index contributed by atoms with van der Waals surface area (Å²) in [7, 11) is 0. The van der Waals surface area contributed by atoms with Crippen LogP contribution in [0.15, 0.2) is 48.5 Å². The number of nitrogens with zero attached hydrogens (tertiary/aromatic N) is 1. The first kappa shape index (κ1) is 16.4. The number of anilines is 1. The molecule has 2 aliphatic heterocycles. The number of fused-ring (bicyclic) bond motifs is 2. The summed E-state index contributed by atoms with van der Waals surface area (Å²) in [5.74, 6) is 0.184. The summed E-state index contributed by atoms with van der Waals surface area (Å²) >= 11 is 0. The number of hydrogen-bond acceptors (Lipinski definition) is 4. The number of para-hydroxylation sites is 3. The maximum Gasteiger partial charge on any atom is 0.316 e. The van der Waals surface area contributed by atoms with E-state index in [9.17, 15) is 9.59 Å². The van der Waals surface area contributed by atoms with Gasteiger partial charge in [-0.3, -0.25) is 9.59 Å². The maximum absolute atomic E-state index is 12.6. The highest BCUT2D eigenvalue weighted by Gasteiger charge is 2.28. The number of carbonyl (C=O) groups excluding carboxylic acids is 2. The van der Waals surface area contributed by atoms with E-state index in [2.05, 4.69) is 5.32 Å². The van der Waals surface area contributed by atoms with Crippen molar-refractivity contribution >= 4 is 17.5 Å². The Labute approximate surface area is 151 Å². The van der Waals surface area contributed by atoms with Crippen LogP contribution in [0.25, 0.3) is 0 Å². The average molecular weight is 352 g/mol. The van der Waals surface area contributed by atoms with Crippen LogP contribution in [0.2, 0.25) is 0 Å². The molecule has 2 aromatic rings. The van der Waals surface area contributed by atoms with Crippen molar-refractivity contribution in [3.8, 4) is 11.5 Å². The Morgan fingerprint density at radius 1 is 1.08 bits per heavy atom. The highest BCUT2D eigenvalue weighted by Crippen LogP contribution is 2.30. The van der Waals surface area contributed by atoms with E-state index in [-0.39, 0.29) is 12.6 Å². The molecule has 2 aromatic carbocycles. The SMILES string of the molecule is O=C(NCC1COc2ccccc2O1)C(=O)N1CCCc2ccccc21. The van der Waals surface area contributed by atoms with E-state index in [0.717, 1.165) is 24.1 Å². The van der Waals surface area contributed by atoms with E-state index in [1.54, 1.807) is 4.90 Å². The van der Waals surface area contributed by atoms with Gasteiger partial charge in [0.25, 0.3) is 0 Å². The Kier molecular flexibility index (Phi) is 4.48. The molecule has 2 aliphatic rings. The molecule has 1 N–H and O–H groups in total. The van der Waals surface area contributed by atoms with Crippen molar-refractivity contribution in [1.29, 1.82) is 0 Å². The molecule has 0 saturated heterocycles. The number of amides is 2. The van der Waals surface area contributed by atoms with Crippen molar-refractivity contribution in [1.82, 2.24) is 5.32 Å². The van der Waals surface area contributed by atoms with Gasteiger partial charge in [0.15, 0.2) is 11.5 Å². The Morgan fingerprint density at radius 2 is 1.85 bits per heavy atom. The van der Waals surface area contributed by atoms with E-state index >= 15 is 0 Å². The highest BCUT2D eigenvalue weighted by molar-refractivity contribution is 6.40. The monoisotopic (exact) mass is 352 g/mol. The van der Waals surface area contributed by atoms with Crippen LogP contribution >= 0.6 is 0 Å². The number of nitrogens with one attached hydrogen (secondary N) is 1. The normalized spacial score (nSPS) is 18.0. The molecule has 2 amide bonds. The zero-order valence-electron chi connectivity index (χ0n) is 14.3. The van der Waals surface area contributed by atoms with Gasteiger partial charge in [0.2, 0.25) is 0 Å². The third-order valence-corrected chi connectivity index (χ3v) is 4.61. The predicted octanol–water partition coefficient (Wildman–Crippen LogP) is 1.92. The number of benzene rings is 2. The first-order valence-electron chi connectivity index (χ1n) is 8.78. The molecule has 0 bridgehead atoms. The molecule has 0 spiro atoms. The Bertz CT molecular complexity index is 836. The topological polar surface area (TPSA) is 67.9 Å². The number of rotatable bonds is 2. The number of carbonyl (C=O) groups is 2. The van der Waals surface area contributed by atoms with Crippen LogP contribution in [0.5, 0.6) is 11.5 Å². The molecule has 0 aliphatic carbocycles. The molecule has 4 rings (SSSR count). The molecule has 0 fully saturated rings. The molecule has 1 atom stereocenters. The van der Waals surface area contributed by atoms with E-state index in [1.807, 2.05) is 48.5 Å². The van der Waals surface area contributed by atoms with Crippen LogP contribution in [0, 0.1) is 0 Å². The lowest BCUT2D eigenvalue weighted by atomic mass is 10.0. The first-order chi connectivity index (χ1) is 12.7. The first-order valence-corrected chi connectivity index (χ1v) is 8.78. The maximum atomic E-state index is 12.6. The van der Waals surface area contributed by atoms with Gasteiger partial charge in [-0.2, -0.15) is 0 Å². The summed E-state index contributed by atoms with van der Waals surface area (Å²) < 4.78 is 11.4. The Morgan fingerprint density at radius 3 is 2.73 bits per heavy atom. The Hall–Kier alpha value is -3.02. The van der Waals surface area contributed by atoms with Crippen LogP contribution < -0.4 is 19.7 Å². The second kappa shape index (κ2) is 7.07. The zero-order valence-corrected chi connectivity index (χ0v) is 14.3. The molecular weight excluding hydrogens is 332 g/mol. The smallest absolute Gasteiger partial charge is 0.316 e. The summed E-state index contributed by atoms with van der Waals surface area (Å²) in [6, 6.07) is 15.1. The minimum Gasteiger partial charge on any atom is -0.486 e. The summed E-state index contributed by atoms with van der Waals surface area (Å²) in [5, 5.41) is 2.68. The van der Waals surface area contributed by atoms with Crippen LogP contribution in [0.3, 0.4) is 0 Å². The third-order valence-electron chi connectivity index (χ3n) is 4.61. The van der Waals surface area contributed by atoms with Gasteiger partial charge in [-0.15, -0.1) is 0 Å². The van der Waals surface area contributed by atoms with Gasteiger partial charge in [0.05, 0.1) is 6.54 Å². The molecule has 6 nitrogen and oxygen atoms in total. The average Bonchev–Trinajstić information content (AvgIpc) is 2.71. The molecule has 26 heavy (non-hydrogen) atoms. The van der Waals surface area contributed by atoms with Gasteiger partial charge in [-0.1, -0.05) is 30.3 Å². The summed E-state index contributed by atoms with van der Waals surface area (Å²) in [4.78, 5) is 26.5. The lowest BCUT2D eigenvalue weighted by molar-refractivity contribution is -0.137. The van der Waals surface area contributed by atoms with Crippen LogP contribution in [-0.2, 0) is 16.0 Å². The van der Waals surface area contributed by atoms with Crippen LogP contribution in [0.1, 0.15) is 12.0 Å². The fourth-order valence-corrected chi connectivity index (χ4v) is 3.31. The molecule has 2 heterocycles. The minimum absolute atomic E-state index is 0.217. The molecular formula is C20H20N2O4. The fourth-order valence-electron chi connectivity index (χ4n) is 3.31. The number of aryl methyl sites for hydroxylation is 1. The standard InChI is InChI=1S/C20H20N2O4/c23-19(20(24)22-11-5-7-14-6-1-2-8-16(14)22)21-12-15-13-25-17-9-3-4-10-18(17)26-15/h1-4,6,8-10,15H,5,7,11-13H2,(H,21,23). The van der Waals surface area contributed by atoms with Gasteiger partial charge in [0, 0.05) is 12.2 Å². The highest BCUT2D eigenvalue weighted by atomic mass is 16.6. The molecule has 1 unspecified atom stereocenters. The molecule has 0 saturated carbocycles. The zero-order chi connectivity index (χ0) is 17.9. The second-order valence-corrected chi connectivity index (χ2v) is 6.40. The van der Waals surface area contributed by atoms with Gasteiger partial charge < -0.3 is 19.7 Å². The van der Waals surface area contributed by atoms with Crippen LogP contribution in [0.4, 0.5) is 5.69 Å².